The number of hydrazone groups is 1. The Morgan fingerprint density at radius 2 is 2.25 bits per heavy atom. The predicted octanol–water partition coefficient (Wildman–Crippen LogP) is 3.46. The summed E-state index contributed by atoms with van der Waals surface area (Å²) < 4.78 is 0. The fourth-order valence-corrected chi connectivity index (χ4v) is 2.81. The summed E-state index contributed by atoms with van der Waals surface area (Å²) in [7, 11) is 0. The molecule has 1 heterocycles. The number of aromatic nitrogens is 1. The molecule has 1 fully saturated rings. The van der Waals surface area contributed by atoms with E-state index in [0.717, 1.165) is 29.5 Å². The van der Waals surface area contributed by atoms with Gasteiger partial charge in [-0.05, 0) is 37.7 Å². The minimum Gasteiger partial charge on any atom is -0.360 e. The molecule has 3 rings (SSSR count). The van der Waals surface area contributed by atoms with Crippen LogP contribution in [0.5, 0.6) is 0 Å². The molecule has 4 nitrogen and oxygen atoms in total. The molecule has 0 radical (unpaired) electrons. The van der Waals surface area contributed by atoms with E-state index >= 15 is 0 Å². The monoisotopic (exact) mass is 269 g/mol. The molecule has 1 atom stereocenters. The first-order valence-electron chi connectivity index (χ1n) is 7.16. The zero-order valence-electron chi connectivity index (χ0n) is 11.6. The first-order valence-corrected chi connectivity index (χ1v) is 7.16. The average Bonchev–Trinajstić information content (AvgIpc) is 2.89. The Balaban J connectivity index is 1.75. The zero-order valence-corrected chi connectivity index (χ0v) is 11.6. The van der Waals surface area contributed by atoms with Gasteiger partial charge < -0.3 is 4.98 Å². The van der Waals surface area contributed by atoms with Gasteiger partial charge in [-0.3, -0.25) is 4.79 Å². The van der Waals surface area contributed by atoms with Crippen molar-refractivity contribution < 1.29 is 4.79 Å². The van der Waals surface area contributed by atoms with Gasteiger partial charge in [0.05, 0.1) is 5.56 Å². The highest BCUT2D eigenvalue weighted by molar-refractivity contribution is 6.07. The number of hydrogen-bond donors (Lipinski definition) is 2. The molecule has 1 saturated carbocycles. The molecule has 1 aromatic carbocycles. The summed E-state index contributed by atoms with van der Waals surface area (Å²) >= 11 is 0. The lowest BCUT2D eigenvalue weighted by Gasteiger charge is -2.18. The highest BCUT2D eigenvalue weighted by atomic mass is 16.2. The Hall–Kier alpha value is -2.10. The second kappa shape index (κ2) is 5.49. The lowest BCUT2D eigenvalue weighted by Crippen LogP contribution is -2.22. The molecule has 1 amide bonds. The van der Waals surface area contributed by atoms with E-state index in [-0.39, 0.29) is 5.91 Å². The molecule has 1 aliphatic carbocycles. The number of hydrogen-bond acceptors (Lipinski definition) is 2. The van der Waals surface area contributed by atoms with Crippen LogP contribution in [-0.4, -0.2) is 16.6 Å². The maximum atomic E-state index is 12.2. The summed E-state index contributed by atoms with van der Waals surface area (Å²) in [5, 5.41) is 5.23. The van der Waals surface area contributed by atoms with E-state index < -0.39 is 0 Å². The van der Waals surface area contributed by atoms with Gasteiger partial charge in [-0.25, -0.2) is 5.43 Å². The second-order valence-electron chi connectivity index (χ2n) is 5.57. The Morgan fingerprint density at radius 1 is 1.40 bits per heavy atom. The number of carbonyl (C=O) groups is 1. The quantitative estimate of drug-likeness (QED) is 0.806. The lowest BCUT2D eigenvalue weighted by molar-refractivity contribution is 0.0956. The van der Waals surface area contributed by atoms with Crippen molar-refractivity contribution in [3.05, 3.63) is 36.0 Å². The fraction of sp³-hybridized carbons (Fsp3) is 0.375. The predicted molar refractivity (Wildman–Crippen MR) is 80.8 cm³/mol. The van der Waals surface area contributed by atoms with Crippen LogP contribution in [0.25, 0.3) is 10.9 Å². The molecule has 0 spiro atoms. The van der Waals surface area contributed by atoms with Crippen molar-refractivity contribution in [1.29, 1.82) is 0 Å². The van der Waals surface area contributed by atoms with E-state index in [1.165, 1.54) is 12.8 Å². The Morgan fingerprint density at radius 3 is 3.10 bits per heavy atom. The molecule has 0 bridgehead atoms. The summed E-state index contributed by atoms with van der Waals surface area (Å²) in [6.07, 6.45) is 6.16. The number of rotatable bonds is 2. The molecule has 1 unspecified atom stereocenters. The third-order valence-electron chi connectivity index (χ3n) is 3.90. The number of carbonyl (C=O) groups excluding carboxylic acids is 1. The molecule has 0 aliphatic heterocycles. The van der Waals surface area contributed by atoms with Crippen molar-refractivity contribution in [3.63, 3.8) is 0 Å². The summed E-state index contributed by atoms with van der Waals surface area (Å²) in [5.74, 6) is 0.528. The van der Waals surface area contributed by atoms with Crippen LogP contribution in [-0.2, 0) is 0 Å². The average molecular weight is 269 g/mol. The van der Waals surface area contributed by atoms with E-state index in [1.54, 1.807) is 6.20 Å². The molecular formula is C16H19N3O. The van der Waals surface area contributed by atoms with E-state index in [1.807, 2.05) is 24.3 Å². The minimum absolute atomic E-state index is 0.145. The van der Waals surface area contributed by atoms with Crippen molar-refractivity contribution >= 4 is 22.5 Å². The number of benzene rings is 1. The summed E-state index contributed by atoms with van der Waals surface area (Å²) in [6, 6.07) is 7.78. The first-order chi connectivity index (χ1) is 9.74. The van der Waals surface area contributed by atoms with Crippen LogP contribution >= 0.6 is 0 Å². The largest absolute Gasteiger partial charge is 0.360 e. The van der Waals surface area contributed by atoms with Crippen LogP contribution in [0.2, 0.25) is 0 Å². The van der Waals surface area contributed by atoms with Gasteiger partial charge in [0.1, 0.15) is 0 Å². The summed E-state index contributed by atoms with van der Waals surface area (Å²) in [6.45, 7) is 2.23. The van der Waals surface area contributed by atoms with E-state index in [0.29, 0.717) is 11.5 Å². The third kappa shape index (κ3) is 2.59. The number of aromatic amines is 1. The molecular weight excluding hydrogens is 250 g/mol. The highest BCUT2D eigenvalue weighted by Gasteiger charge is 2.15. The fourth-order valence-electron chi connectivity index (χ4n) is 2.81. The third-order valence-corrected chi connectivity index (χ3v) is 3.90. The van der Waals surface area contributed by atoms with Crippen LogP contribution in [0, 0.1) is 5.92 Å². The van der Waals surface area contributed by atoms with Gasteiger partial charge in [-0.15, -0.1) is 0 Å². The van der Waals surface area contributed by atoms with Crippen molar-refractivity contribution in [2.24, 2.45) is 11.0 Å². The second-order valence-corrected chi connectivity index (χ2v) is 5.57. The number of nitrogens with one attached hydrogen (secondary N) is 2. The number of amides is 1. The van der Waals surface area contributed by atoms with Crippen LogP contribution in [0.4, 0.5) is 0 Å². The highest BCUT2D eigenvalue weighted by Crippen LogP contribution is 2.21. The summed E-state index contributed by atoms with van der Waals surface area (Å²) in [4.78, 5) is 15.3. The van der Waals surface area contributed by atoms with Gasteiger partial charge in [0, 0.05) is 22.8 Å². The standard InChI is InChI=1S/C16H19N3O/c1-11-5-4-6-12(9-11)18-19-16(20)14-10-17-15-8-3-2-7-13(14)15/h2-3,7-8,10-11,17H,4-6,9H2,1H3,(H,19,20)/b18-12-. The summed E-state index contributed by atoms with van der Waals surface area (Å²) in [5.41, 5.74) is 5.42. The van der Waals surface area contributed by atoms with Crippen molar-refractivity contribution in [3.8, 4) is 0 Å². The minimum atomic E-state index is -0.145. The van der Waals surface area contributed by atoms with E-state index in [2.05, 4.69) is 22.4 Å². The van der Waals surface area contributed by atoms with E-state index in [4.69, 9.17) is 0 Å². The molecule has 104 valence electrons. The number of para-hydroxylation sites is 1. The van der Waals surface area contributed by atoms with Gasteiger partial charge >= 0.3 is 0 Å². The Labute approximate surface area is 118 Å². The maximum Gasteiger partial charge on any atom is 0.273 e. The number of fused-ring (bicyclic) bond motifs is 1. The van der Waals surface area contributed by atoms with Crippen LogP contribution in [0.15, 0.2) is 35.6 Å². The zero-order chi connectivity index (χ0) is 13.9. The molecule has 2 N–H and O–H groups in total. The SMILES string of the molecule is CC1CCC/C(=N/NC(=O)c2c[nH]c3ccccc23)C1. The van der Waals surface area contributed by atoms with Crippen molar-refractivity contribution in [2.75, 3.05) is 0 Å². The van der Waals surface area contributed by atoms with Gasteiger partial charge in [0.15, 0.2) is 0 Å². The van der Waals surface area contributed by atoms with Crippen LogP contribution in [0.3, 0.4) is 0 Å². The topological polar surface area (TPSA) is 57.2 Å². The maximum absolute atomic E-state index is 12.2. The molecule has 1 aromatic heterocycles. The molecule has 0 saturated heterocycles. The Bertz CT molecular complexity index is 657. The normalized spacial score (nSPS) is 21.2. The number of nitrogens with zero attached hydrogens (tertiary/aromatic N) is 1. The lowest BCUT2D eigenvalue weighted by atomic mass is 9.89. The van der Waals surface area contributed by atoms with Crippen molar-refractivity contribution in [1.82, 2.24) is 10.4 Å². The van der Waals surface area contributed by atoms with Crippen molar-refractivity contribution in [2.45, 2.75) is 32.6 Å². The van der Waals surface area contributed by atoms with Crippen LogP contribution in [0.1, 0.15) is 43.0 Å². The number of H-pyrrole nitrogens is 1. The van der Waals surface area contributed by atoms with E-state index in [9.17, 15) is 4.79 Å². The van der Waals surface area contributed by atoms with Crippen LogP contribution < -0.4 is 5.43 Å². The van der Waals surface area contributed by atoms with Gasteiger partial charge in [0.2, 0.25) is 0 Å². The van der Waals surface area contributed by atoms with Gasteiger partial charge in [-0.1, -0.05) is 25.1 Å². The van der Waals surface area contributed by atoms with Gasteiger partial charge in [-0.2, -0.15) is 5.10 Å². The first kappa shape index (κ1) is 12.9. The Kier molecular flexibility index (Phi) is 3.54. The van der Waals surface area contributed by atoms with Gasteiger partial charge in [0.25, 0.3) is 5.91 Å². The molecule has 20 heavy (non-hydrogen) atoms. The smallest absolute Gasteiger partial charge is 0.273 e. The molecule has 2 aromatic rings. The molecule has 1 aliphatic rings. The molecule has 4 heteroatoms.